The van der Waals surface area contributed by atoms with Crippen molar-refractivity contribution in [3.8, 4) is 0 Å². The molecule has 84 valence electrons. The number of rotatable bonds is 5. The second-order valence-electron chi connectivity index (χ2n) is 2.58. The molecule has 0 aromatic carbocycles. The normalized spacial score (nSPS) is 13.4. The minimum absolute atomic E-state index is 0.105. The van der Waals surface area contributed by atoms with E-state index in [-0.39, 0.29) is 13.2 Å². The van der Waals surface area contributed by atoms with Crippen molar-refractivity contribution in [2.24, 2.45) is 5.73 Å². The third kappa shape index (κ3) is 5.73. The van der Waals surface area contributed by atoms with Gasteiger partial charge in [-0.05, 0) is 13.8 Å². The Kier molecular flexibility index (Phi) is 5.43. The van der Waals surface area contributed by atoms with Crippen LogP contribution in [0, 0.1) is 0 Å². The number of amides is 1. The lowest BCUT2D eigenvalue weighted by Crippen LogP contribution is -2.46. The van der Waals surface area contributed by atoms with E-state index >= 15 is 0 Å². The molecule has 8 heteroatoms. The lowest BCUT2D eigenvalue weighted by molar-refractivity contribution is 0.158. The molecular formula is C6H15N3O4S. The van der Waals surface area contributed by atoms with E-state index in [0.29, 0.717) is 0 Å². The minimum Gasteiger partial charge on any atom is -0.449 e. The summed E-state index contributed by atoms with van der Waals surface area (Å²) in [6.07, 6.45) is -1.01. The quantitative estimate of drug-likeness (QED) is 0.551. The fourth-order valence-corrected chi connectivity index (χ4v) is 1.58. The van der Waals surface area contributed by atoms with Gasteiger partial charge in [-0.2, -0.15) is 13.1 Å². The second-order valence-corrected chi connectivity index (χ2v) is 4.03. The number of hydrogen-bond donors (Lipinski definition) is 3. The monoisotopic (exact) mass is 225 g/mol. The molecule has 1 unspecified atom stereocenters. The van der Waals surface area contributed by atoms with E-state index in [1.165, 1.54) is 0 Å². The molecule has 0 saturated heterocycles. The molecule has 0 fully saturated rings. The van der Waals surface area contributed by atoms with Crippen LogP contribution in [0.5, 0.6) is 0 Å². The Labute approximate surface area is 83.2 Å². The molecule has 0 bridgehead atoms. The van der Waals surface area contributed by atoms with Gasteiger partial charge in [0.1, 0.15) is 0 Å². The van der Waals surface area contributed by atoms with Crippen LogP contribution in [0.25, 0.3) is 0 Å². The van der Waals surface area contributed by atoms with E-state index < -0.39 is 22.3 Å². The Morgan fingerprint density at radius 1 is 1.57 bits per heavy atom. The van der Waals surface area contributed by atoms with Gasteiger partial charge in [0.2, 0.25) is 0 Å². The average molecular weight is 225 g/mol. The van der Waals surface area contributed by atoms with Crippen LogP contribution in [0.15, 0.2) is 0 Å². The summed E-state index contributed by atoms with van der Waals surface area (Å²) in [6.45, 7) is 3.39. The van der Waals surface area contributed by atoms with Crippen molar-refractivity contribution in [2.75, 3.05) is 13.2 Å². The Morgan fingerprint density at radius 2 is 2.14 bits per heavy atom. The molecule has 0 aliphatic heterocycles. The minimum atomic E-state index is -3.87. The highest BCUT2D eigenvalue weighted by molar-refractivity contribution is 7.88. The van der Waals surface area contributed by atoms with Gasteiger partial charge in [0.15, 0.2) is 0 Å². The van der Waals surface area contributed by atoms with Crippen LogP contribution in [0.2, 0.25) is 0 Å². The standard InChI is InChI=1S/C6H15N3O4S/c1-3-13-6(10)9-14(11,12)8-5(2)4-7/h5,8H,3-4,7H2,1-2H3,(H,9,10). The maximum atomic E-state index is 11.1. The summed E-state index contributed by atoms with van der Waals surface area (Å²) in [7, 11) is -3.87. The molecule has 0 aliphatic rings. The number of nitrogens with two attached hydrogens (primary N) is 1. The first-order valence-electron chi connectivity index (χ1n) is 4.08. The highest BCUT2D eigenvalue weighted by Crippen LogP contribution is 1.85. The summed E-state index contributed by atoms with van der Waals surface area (Å²) < 4.78 is 30.4. The van der Waals surface area contributed by atoms with Gasteiger partial charge in [-0.15, -0.1) is 0 Å². The Bertz CT molecular complexity index is 277. The Hall–Kier alpha value is -0.860. The van der Waals surface area contributed by atoms with Crippen LogP contribution in [-0.4, -0.2) is 33.7 Å². The Balaban J connectivity index is 4.14. The van der Waals surface area contributed by atoms with Crippen LogP contribution in [-0.2, 0) is 14.9 Å². The first-order chi connectivity index (χ1) is 6.41. The van der Waals surface area contributed by atoms with E-state index in [9.17, 15) is 13.2 Å². The van der Waals surface area contributed by atoms with Gasteiger partial charge < -0.3 is 10.5 Å². The summed E-state index contributed by atoms with van der Waals surface area (Å²) in [5, 5.41) is 0. The van der Waals surface area contributed by atoms with Crippen LogP contribution in [0.4, 0.5) is 4.79 Å². The van der Waals surface area contributed by atoms with Crippen molar-refractivity contribution < 1.29 is 17.9 Å². The summed E-state index contributed by atoms with van der Waals surface area (Å²) in [4.78, 5) is 10.7. The molecule has 4 N–H and O–H groups in total. The van der Waals surface area contributed by atoms with Crippen LogP contribution >= 0.6 is 0 Å². The van der Waals surface area contributed by atoms with Crippen molar-refractivity contribution >= 4 is 16.3 Å². The van der Waals surface area contributed by atoms with E-state index in [2.05, 4.69) is 9.46 Å². The zero-order valence-corrected chi connectivity index (χ0v) is 8.93. The molecule has 0 rings (SSSR count). The molecular weight excluding hydrogens is 210 g/mol. The Morgan fingerprint density at radius 3 is 2.57 bits per heavy atom. The summed E-state index contributed by atoms with van der Waals surface area (Å²) >= 11 is 0. The van der Waals surface area contributed by atoms with Crippen molar-refractivity contribution in [1.82, 2.24) is 9.44 Å². The first-order valence-corrected chi connectivity index (χ1v) is 5.56. The molecule has 0 aromatic heterocycles. The molecule has 0 aliphatic carbocycles. The SMILES string of the molecule is CCOC(=O)NS(=O)(=O)NC(C)CN. The van der Waals surface area contributed by atoms with Crippen molar-refractivity contribution in [3.63, 3.8) is 0 Å². The third-order valence-corrected chi connectivity index (χ3v) is 2.35. The summed E-state index contributed by atoms with van der Waals surface area (Å²) in [6, 6.07) is -0.443. The van der Waals surface area contributed by atoms with Crippen LogP contribution in [0.3, 0.4) is 0 Å². The summed E-state index contributed by atoms with van der Waals surface area (Å²) in [5.41, 5.74) is 5.20. The smallest absolute Gasteiger partial charge is 0.421 e. The fraction of sp³-hybridized carbons (Fsp3) is 0.833. The molecule has 0 heterocycles. The second kappa shape index (κ2) is 5.78. The van der Waals surface area contributed by atoms with E-state index in [0.717, 1.165) is 0 Å². The van der Waals surface area contributed by atoms with E-state index in [1.807, 2.05) is 0 Å². The van der Waals surface area contributed by atoms with Gasteiger partial charge in [-0.3, -0.25) is 0 Å². The van der Waals surface area contributed by atoms with Gasteiger partial charge in [0.25, 0.3) is 0 Å². The zero-order chi connectivity index (χ0) is 11.2. The molecule has 14 heavy (non-hydrogen) atoms. The predicted molar refractivity (Wildman–Crippen MR) is 50.7 cm³/mol. The van der Waals surface area contributed by atoms with Crippen LogP contribution in [0.1, 0.15) is 13.8 Å². The van der Waals surface area contributed by atoms with Gasteiger partial charge in [-0.1, -0.05) is 0 Å². The predicted octanol–water partition coefficient (Wildman–Crippen LogP) is -1.09. The average Bonchev–Trinajstić information content (AvgIpc) is 2.02. The van der Waals surface area contributed by atoms with Gasteiger partial charge in [0, 0.05) is 12.6 Å². The molecule has 0 radical (unpaired) electrons. The number of nitrogens with one attached hydrogen (secondary N) is 2. The lowest BCUT2D eigenvalue weighted by atomic mass is 10.4. The van der Waals surface area contributed by atoms with Crippen molar-refractivity contribution in [1.29, 1.82) is 0 Å². The number of ether oxygens (including phenoxy) is 1. The zero-order valence-electron chi connectivity index (χ0n) is 8.11. The third-order valence-electron chi connectivity index (χ3n) is 1.20. The molecule has 1 amide bonds. The molecule has 0 saturated carbocycles. The maximum Gasteiger partial charge on any atom is 0.421 e. The highest BCUT2D eigenvalue weighted by atomic mass is 32.2. The molecule has 0 aromatic rings. The molecule has 7 nitrogen and oxygen atoms in total. The fourth-order valence-electron chi connectivity index (χ4n) is 0.613. The first kappa shape index (κ1) is 13.1. The van der Waals surface area contributed by atoms with Gasteiger partial charge in [-0.25, -0.2) is 9.52 Å². The number of carbonyl (C=O) groups is 1. The van der Waals surface area contributed by atoms with E-state index in [4.69, 9.17) is 5.73 Å². The topological polar surface area (TPSA) is 111 Å². The maximum absolute atomic E-state index is 11.1. The highest BCUT2D eigenvalue weighted by Gasteiger charge is 2.16. The van der Waals surface area contributed by atoms with Crippen molar-refractivity contribution in [2.45, 2.75) is 19.9 Å². The van der Waals surface area contributed by atoms with Crippen LogP contribution < -0.4 is 15.2 Å². The molecule has 0 spiro atoms. The summed E-state index contributed by atoms with van der Waals surface area (Å²) in [5.74, 6) is 0. The van der Waals surface area contributed by atoms with Crippen molar-refractivity contribution in [3.05, 3.63) is 0 Å². The van der Waals surface area contributed by atoms with E-state index in [1.54, 1.807) is 18.6 Å². The van der Waals surface area contributed by atoms with Gasteiger partial charge in [0.05, 0.1) is 6.61 Å². The largest absolute Gasteiger partial charge is 0.449 e. The number of carbonyl (C=O) groups excluding carboxylic acids is 1. The molecule has 1 atom stereocenters. The number of hydrogen-bond acceptors (Lipinski definition) is 5. The van der Waals surface area contributed by atoms with Gasteiger partial charge >= 0.3 is 16.3 Å². The lowest BCUT2D eigenvalue weighted by Gasteiger charge is -2.12.